The van der Waals surface area contributed by atoms with Crippen LogP contribution >= 0.6 is 34.8 Å². The van der Waals surface area contributed by atoms with Crippen LogP contribution in [-0.4, -0.2) is 42.3 Å². The summed E-state index contributed by atoms with van der Waals surface area (Å²) in [5, 5.41) is 8.59. The van der Waals surface area contributed by atoms with Gasteiger partial charge in [0, 0.05) is 43.3 Å². The van der Waals surface area contributed by atoms with Crippen molar-refractivity contribution < 1.29 is 0 Å². The summed E-state index contributed by atoms with van der Waals surface area (Å²) in [7, 11) is 0. The van der Waals surface area contributed by atoms with Crippen molar-refractivity contribution in [3.63, 3.8) is 0 Å². The van der Waals surface area contributed by atoms with Crippen LogP contribution in [0.5, 0.6) is 0 Å². The summed E-state index contributed by atoms with van der Waals surface area (Å²) in [4.78, 5) is 2.41. The summed E-state index contributed by atoms with van der Waals surface area (Å²) in [5.41, 5.74) is 2.05. The fourth-order valence-electron chi connectivity index (χ4n) is 2.63. The minimum Gasteiger partial charge on any atom is -0.295 e. The lowest BCUT2D eigenvalue weighted by Crippen LogP contribution is -2.43. The van der Waals surface area contributed by atoms with Crippen LogP contribution in [0.4, 0.5) is 0 Å². The van der Waals surface area contributed by atoms with E-state index in [-0.39, 0.29) is 0 Å². The van der Waals surface area contributed by atoms with E-state index in [1.165, 1.54) is 5.56 Å². The van der Waals surface area contributed by atoms with E-state index in [0.717, 1.165) is 43.3 Å². The number of hydrazone groups is 1. The van der Waals surface area contributed by atoms with Crippen LogP contribution in [0.1, 0.15) is 11.1 Å². The molecule has 6 heteroatoms. The Labute approximate surface area is 157 Å². The van der Waals surface area contributed by atoms with Crippen molar-refractivity contribution in [3.8, 4) is 0 Å². The van der Waals surface area contributed by atoms with Gasteiger partial charge < -0.3 is 0 Å². The smallest absolute Gasteiger partial charge is 0.0572 e. The molecule has 0 atom stereocenters. The Morgan fingerprint density at radius 1 is 0.875 bits per heavy atom. The second kappa shape index (κ2) is 8.21. The van der Waals surface area contributed by atoms with Gasteiger partial charge in [0.05, 0.1) is 16.3 Å². The van der Waals surface area contributed by atoms with E-state index in [4.69, 9.17) is 34.8 Å². The molecule has 1 aliphatic heterocycles. The molecule has 1 aliphatic rings. The molecule has 2 aromatic rings. The van der Waals surface area contributed by atoms with Crippen LogP contribution in [0.3, 0.4) is 0 Å². The monoisotopic (exact) mass is 381 g/mol. The van der Waals surface area contributed by atoms with Gasteiger partial charge in [0.15, 0.2) is 0 Å². The molecule has 0 aliphatic carbocycles. The minimum atomic E-state index is 0.618. The molecule has 24 heavy (non-hydrogen) atoms. The molecular formula is C18H18Cl3N3. The highest BCUT2D eigenvalue weighted by atomic mass is 35.5. The molecule has 0 radical (unpaired) electrons. The van der Waals surface area contributed by atoms with Gasteiger partial charge in [0.25, 0.3) is 0 Å². The molecule has 1 saturated heterocycles. The Kier molecular flexibility index (Phi) is 6.01. The van der Waals surface area contributed by atoms with Gasteiger partial charge in [0.2, 0.25) is 0 Å². The number of nitrogens with zero attached hydrogens (tertiary/aromatic N) is 3. The topological polar surface area (TPSA) is 18.8 Å². The molecule has 0 aromatic heterocycles. The van der Waals surface area contributed by atoms with Gasteiger partial charge in [-0.1, -0.05) is 53.0 Å². The Morgan fingerprint density at radius 3 is 2.12 bits per heavy atom. The lowest BCUT2D eigenvalue weighted by atomic mass is 10.2. The SMILES string of the molecule is Clc1ccc(CN2CCN(N=Cc3c(Cl)cccc3Cl)CC2)cc1. The molecule has 1 fully saturated rings. The molecule has 0 unspecified atom stereocenters. The van der Waals surface area contributed by atoms with Crippen molar-refractivity contribution in [2.45, 2.75) is 6.54 Å². The molecule has 0 N–H and O–H groups in total. The molecule has 0 amide bonds. The third-order valence-electron chi connectivity index (χ3n) is 4.02. The molecular weight excluding hydrogens is 365 g/mol. The van der Waals surface area contributed by atoms with Crippen molar-refractivity contribution >= 4 is 41.0 Å². The van der Waals surface area contributed by atoms with Gasteiger partial charge >= 0.3 is 0 Å². The first-order chi connectivity index (χ1) is 11.6. The Bertz CT molecular complexity index is 688. The zero-order valence-electron chi connectivity index (χ0n) is 13.1. The van der Waals surface area contributed by atoms with Gasteiger partial charge in [-0.3, -0.25) is 9.91 Å². The van der Waals surface area contributed by atoms with E-state index in [1.807, 2.05) is 30.3 Å². The summed E-state index contributed by atoms with van der Waals surface area (Å²) >= 11 is 18.2. The first-order valence-electron chi connectivity index (χ1n) is 7.81. The largest absolute Gasteiger partial charge is 0.295 e. The van der Waals surface area contributed by atoms with Crippen molar-refractivity contribution in [1.29, 1.82) is 0 Å². The van der Waals surface area contributed by atoms with E-state index in [9.17, 15) is 0 Å². The number of halogens is 3. The molecule has 0 spiro atoms. The molecule has 0 saturated carbocycles. The maximum Gasteiger partial charge on any atom is 0.0572 e. The second-order valence-corrected chi connectivity index (χ2v) is 6.99. The zero-order chi connectivity index (χ0) is 16.9. The maximum absolute atomic E-state index is 6.16. The first kappa shape index (κ1) is 17.6. The van der Waals surface area contributed by atoms with Gasteiger partial charge in [-0.25, -0.2) is 0 Å². The van der Waals surface area contributed by atoms with E-state index in [2.05, 4.69) is 27.1 Å². The van der Waals surface area contributed by atoms with Crippen LogP contribution in [-0.2, 0) is 6.54 Å². The predicted molar refractivity (Wildman–Crippen MR) is 102 cm³/mol. The molecule has 3 nitrogen and oxygen atoms in total. The number of hydrogen-bond donors (Lipinski definition) is 0. The molecule has 3 rings (SSSR count). The average Bonchev–Trinajstić information content (AvgIpc) is 2.58. The van der Waals surface area contributed by atoms with E-state index >= 15 is 0 Å². The van der Waals surface area contributed by atoms with Crippen molar-refractivity contribution in [2.75, 3.05) is 26.2 Å². The molecule has 1 heterocycles. The fraction of sp³-hybridized carbons (Fsp3) is 0.278. The van der Waals surface area contributed by atoms with E-state index < -0.39 is 0 Å². The summed E-state index contributed by atoms with van der Waals surface area (Å²) in [5.74, 6) is 0. The van der Waals surface area contributed by atoms with Crippen molar-refractivity contribution in [1.82, 2.24) is 9.91 Å². The Hall–Kier alpha value is -1.26. The highest BCUT2D eigenvalue weighted by molar-refractivity contribution is 6.38. The Balaban J connectivity index is 1.53. The maximum atomic E-state index is 6.16. The standard InChI is InChI=1S/C18H18Cl3N3/c19-15-6-4-14(5-7-15)13-23-8-10-24(11-9-23)22-12-16-17(20)2-1-3-18(16)21/h1-7,12H,8-11,13H2. The fourth-order valence-corrected chi connectivity index (χ4v) is 3.25. The van der Waals surface area contributed by atoms with Gasteiger partial charge in [-0.05, 0) is 29.8 Å². The van der Waals surface area contributed by atoms with Crippen molar-refractivity contribution in [2.24, 2.45) is 5.10 Å². The normalized spacial score (nSPS) is 16.0. The predicted octanol–water partition coefficient (Wildman–Crippen LogP) is 4.80. The van der Waals surface area contributed by atoms with Gasteiger partial charge in [-0.15, -0.1) is 0 Å². The minimum absolute atomic E-state index is 0.618. The third kappa shape index (κ3) is 4.64. The lowest BCUT2D eigenvalue weighted by molar-refractivity contribution is 0.131. The van der Waals surface area contributed by atoms with Crippen LogP contribution in [0, 0.1) is 0 Å². The average molecular weight is 383 g/mol. The Morgan fingerprint density at radius 2 is 1.50 bits per heavy atom. The number of benzene rings is 2. The lowest BCUT2D eigenvalue weighted by Gasteiger charge is -2.33. The zero-order valence-corrected chi connectivity index (χ0v) is 15.4. The van der Waals surface area contributed by atoms with Gasteiger partial charge in [-0.2, -0.15) is 5.10 Å². The third-order valence-corrected chi connectivity index (χ3v) is 4.93. The summed E-state index contributed by atoms with van der Waals surface area (Å²) in [6, 6.07) is 13.5. The number of piperazine rings is 1. The quantitative estimate of drug-likeness (QED) is 0.707. The van der Waals surface area contributed by atoms with Crippen LogP contribution in [0.2, 0.25) is 15.1 Å². The number of rotatable bonds is 4. The van der Waals surface area contributed by atoms with Crippen LogP contribution in [0.15, 0.2) is 47.6 Å². The van der Waals surface area contributed by atoms with E-state index in [1.54, 1.807) is 6.21 Å². The van der Waals surface area contributed by atoms with Crippen LogP contribution in [0.25, 0.3) is 0 Å². The molecule has 126 valence electrons. The molecule has 2 aromatic carbocycles. The van der Waals surface area contributed by atoms with Gasteiger partial charge in [0.1, 0.15) is 0 Å². The summed E-state index contributed by atoms with van der Waals surface area (Å²) in [6.45, 7) is 4.63. The van der Waals surface area contributed by atoms with E-state index in [0.29, 0.717) is 10.0 Å². The van der Waals surface area contributed by atoms with Crippen molar-refractivity contribution in [3.05, 3.63) is 68.7 Å². The number of hydrogen-bond acceptors (Lipinski definition) is 3. The first-order valence-corrected chi connectivity index (χ1v) is 8.95. The summed E-state index contributed by atoms with van der Waals surface area (Å²) in [6.07, 6.45) is 1.75. The highest BCUT2D eigenvalue weighted by Crippen LogP contribution is 2.22. The molecule has 0 bridgehead atoms. The van der Waals surface area contributed by atoms with Crippen LogP contribution < -0.4 is 0 Å². The summed E-state index contributed by atoms with van der Waals surface area (Å²) < 4.78 is 0. The highest BCUT2D eigenvalue weighted by Gasteiger charge is 2.15. The second-order valence-electron chi connectivity index (χ2n) is 5.74.